The highest BCUT2D eigenvalue weighted by Crippen LogP contribution is 2.51. The third-order valence-corrected chi connectivity index (χ3v) is 6.72. The molecular formula is C30H34O4. The molecule has 0 spiro atoms. The standard InChI is InChI=1S/C30H34O4/c1-7-25(31-3)23-17-19-13-9-11-15-21(19)27(29(23)33-5)28-22-16-12-10-14-20(22)18-24(30(28)34-6)26(8-2)32-4/h9-18,25-26H,7-8H2,1-6H3/t25-,26-/m0/s1. The van der Waals surface area contributed by atoms with E-state index in [1.54, 1.807) is 28.4 Å². The normalized spacial score (nSPS) is 13.2. The SMILES string of the molecule is CC[C@H](OC)c1cc2ccccc2c(-c2c(OC)c([C@H](CC)OC)cc3ccccc23)c1OC. The second-order valence-electron chi connectivity index (χ2n) is 8.46. The molecule has 0 fully saturated rings. The van der Waals surface area contributed by atoms with Crippen LogP contribution in [0.5, 0.6) is 11.5 Å². The van der Waals surface area contributed by atoms with Crippen molar-refractivity contribution in [3.05, 3.63) is 71.8 Å². The minimum Gasteiger partial charge on any atom is -0.496 e. The molecule has 34 heavy (non-hydrogen) atoms. The Morgan fingerprint density at radius 1 is 0.588 bits per heavy atom. The third-order valence-electron chi connectivity index (χ3n) is 6.72. The Balaban J connectivity index is 2.24. The summed E-state index contributed by atoms with van der Waals surface area (Å²) in [5, 5.41) is 4.50. The fourth-order valence-electron chi connectivity index (χ4n) is 5.14. The number of fused-ring (bicyclic) bond motifs is 2. The molecule has 0 unspecified atom stereocenters. The van der Waals surface area contributed by atoms with E-state index in [-0.39, 0.29) is 12.2 Å². The van der Waals surface area contributed by atoms with E-state index >= 15 is 0 Å². The van der Waals surface area contributed by atoms with E-state index in [0.717, 1.165) is 68.1 Å². The van der Waals surface area contributed by atoms with Crippen molar-refractivity contribution in [2.45, 2.75) is 38.9 Å². The van der Waals surface area contributed by atoms with Gasteiger partial charge in [0.2, 0.25) is 0 Å². The van der Waals surface area contributed by atoms with Gasteiger partial charge in [0.05, 0.1) is 26.4 Å². The number of ether oxygens (including phenoxy) is 4. The van der Waals surface area contributed by atoms with Gasteiger partial charge in [-0.15, -0.1) is 0 Å². The molecule has 4 aromatic rings. The van der Waals surface area contributed by atoms with Crippen molar-refractivity contribution >= 4 is 21.5 Å². The van der Waals surface area contributed by atoms with Crippen LogP contribution in [0.2, 0.25) is 0 Å². The molecule has 178 valence electrons. The Bertz CT molecular complexity index is 1180. The first-order valence-corrected chi connectivity index (χ1v) is 11.9. The monoisotopic (exact) mass is 458 g/mol. The van der Waals surface area contributed by atoms with Crippen LogP contribution in [0.1, 0.15) is 50.0 Å². The van der Waals surface area contributed by atoms with E-state index in [4.69, 9.17) is 18.9 Å². The summed E-state index contributed by atoms with van der Waals surface area (Å²) >= 11 is 0. The number of hydrogen-bond donors (Lipinski definition) is 0. The van der Waals surface area contributed by atoms with Gasteiger partial charge in [0.1, 0.15) is 11.5 Å². The van der Waals surface area contributed by atoms with Crippen LogP contribution < -0.4 is 9.47 Å². The van der Waals surface area contributed by atoms with Gasteiger partial charge in [-0.1, -0.05) is 62.4 Å². The summed E-state index contributed by atoms with van der Waals surface area (Å²) in [5.41, 5.74) is 4.12. The lowest BCUT2D eigenvalue weighted by Gasteiger charge is -2.26. The molecule has 0 N–H and O–H groups in total. The van der Waals surface area contributed by atoms with Gasteiger partial charge in [-0.2, -0.15) is 0 Å². The zero-order valence-corrected chi connectivity index (χ0v) is 21.0. The van der Waals surface area contributed by atoms with Gasteiger partial charge < -0.3 is 18.9 Å². The summed E-state index contributed by atoms with van der Waals surface area (Å²) in [4.78, 5) is 0. The van der Waals surface area contributed by atoms with Gasteiger partial charge in [-0.25, -0.2) is 0 Å². The molecule has 0 heterocycles. The summed E-state index contributed by atoms with van der Waals surface area (Å²) in [7, 11) is 6.98. The second-order valence-corrected chi connectivity index (χ2v) is 8.46. The Morgan fingerprint density at radius 3 is 1.29 bits per heavy atom. The molecule has 0 amide bonds. The first-order chi connectivity index (χ1) is 16.6. The van der Waals surface area contributed by atoms with Crippen molar-refractivity contribution in [3.8, 4) is 22.6 Å². The minimum absolute atomic E-state index is 0.0823. The number of methoxy groups -OCH3 is 4. The summed E-state index contributed by atoms with van der Waals surface area (Å²) < 4.78 is 24.1. The quantitative estimate of drug-likeness (QED) is 0.256. The van der Waals surface area contributed by atoms with Crippen LogP contribution in [0.25, 0.3) is 32.7 Å². The van der Waals surface area contributed by atoms with E-state index in [2.05, 4.69) is 74.5 Å². The van der Waals surface area contributed by atoms with Gasteiger partial charge in [0, 0.05) is 36.5 Å². The van der Waals surface area contributed by atoms with Crippen LogP contribution in [0.4, 0.5) is 0 Å². The highest BCUT2D eigenvalue weighted by Gasteiger charge is 2.27. The van der Waals surface area contributed by atoms with Crippen molar-refractivity contribution in [1.82, 2.24) is 0 Å². The topological polar surface area (TPSA) is 36.9 Å². The van der Waals surface area contributed by atoms with Crippen LogP contribution in [0.3, 0.4) is 0 Å². The lowest BCUT2D eigenvalue weighted by Crippen LogP contribution is -2.07. The average molecular weight is 459 g/mol. The molecule has 0 aliphatic heterocycles. The summed E-state index contributed by atoms with van der Waals surface area (Å²) in [6.07, 6.45) is 1.51. The first-order valence-electron chi connectivity index (χ1n) is 11.9. The maximum absolute atomic E-state index is 6.16. The zero-order chi connectivity index (χ0) is 24.2. The lowest BCUT2D eigenvalue weighted by atomic mass is 9.86. The van der Waals surface area contributed by atoms with Crippen LogP contribution in [0, 0.1) is 0 Å². The Morgan fingerprint density at radius 2 is 0.971 bits per heavy atom. The largest absolute Gasteiger partial charge is 0.496 e. The minimum atomic E-state index is -0.0823. The van der Waals surface area contributed by atoms with Crippen molar-refractivity contribution in [3.63, 3.8) is 0 Å². The molecule has 4 aromatic carbocycles. The highest BCUT2D eigenvalue weighted by atomic mass is 16.5. The molecular weight excluding hydrogens is 424 g/mol. The maximum Gasteiger partial charge on any atom is 0.133 e. The van der Waals surface area contributed by atoms with E-state index in [1.165, 1.54) is 0 Å². The van der Waals surface area contributed by atoms with E-state index in [0.29, 0.717) is 0 Å². The molecule has 4 heteroatoms. The third kappa shape index (κ3) is 4.02. The maximum atomic E-state index is 6.16. The molecule has 0 saturated heterocycles. The van der Waals surface area contributed by atoms with Gasteiger partial charge >= 0.3 is 0 Å². The van der Waals surface area contributed by atoms with Gasteiger partial charge in [0.25, 0.3) is 0 Å². The van der Waals surface area contributed by atoms with E-state index in [9.17, 15) is 0 Å². The Kier molecular flexibility index (Phi) is 7.40. The Hall–Kier alpha value is -3.08. The smallest absolute Gasteiger partial charge is 0.133 e. The predicted molar refractivity (Wildman–Crippen MR) is 140 cm³/mol. The summed E-state index contributed by atoms with van der Waals surface area (Å²) in [6.45, 7) is 4.26. The second kappa shape index (κ2) is 10.5. The molecule has 0 aromatic heterocycles. The Labute approximate surface area is 202 Å². The van der Waals surface area contributed by atoms with E-state index < -0.39 is 0 Å². The molecule has 4 nitrogen and oxygen atoms in total. The molecule has 2 atom stereocenters. The van der Waals surface area contributed by atoms with Crippen LogP contribution in [-0.2, 0) is 9.47 Å². The summed E-state index contributed by atoms with van der Waals surface area (Å²) in [6, 6.07) is 21.3. The number of benzene rings is 4. The van der Waals surface area contributed by atoms with Crippen LogP contribution >= 0.6 is 0 Å². The fourth-order valence-corrected chi connectivity index (χ4v) is 5.14. The lowest BCUT2D eigenvalue weighted by molar-refractivity contribution is 0.0975. The summed E-state index contributed by atoms with van der Waals surface area (Å²) in [5.74, 6) is 1.64. The van der Waals surface area contributed by atoms with Gasteiger partial charge in [-0.3, -0.25) is 0 Å². The molecule has 0 aliphatic rings. The first kappa shape index (κ1) is 24.1. The van der Waals surface area contributed by atoms with Crippen molar-refractivity contribution in [2.24, 2.45) is 0 Å². The molecule has 0 radical (unpaired) electrons. The van der Waals surface area contributed by atoms with Crippen molar-refractivity contribution < 1.29 is 18.9 Å². The predicted octanol–water partition coefficient (Wildman–Crippen LogP) is 7.87. The van der Waals surface area contributed by atoms with Gasteiger partial charge in [0.15, 0.2) is 0 Å². The van der Waals surface area contributed by atoms with E-state index in [1.807, 2.05) is 0 Å². The average Bonchev–Trinajstić information content (AvgIpc) is 2.88. The molecule has 4 rings (SSSR count). The fraction of sp³-hybridized carbons (Fsp3) is 0.333. The molecule has 0 saturated carbocycles. The number of hydrogen-bond acceptors (Lipinski definition) is 4. The molecule has 0 aliphatic carbocycles. The highest BCUT2D eigenvalue weighted by molar-refractivity contribution is 6.11. The van der Waals surface area contributed by atoms with Crippen LogP contribution in [-0.4, -0.2) is 28.4 Å². The van der Waals surface area contributed by atoms with Crippen molar-refractivity contribution in [1.29, 1.82) is 0 Å². The van der Waals surface area contributed by atoms with Crippen LogP contribution in [0.15, 0.2) is 60.7 Å². The number of rotatable bonds is 9. The van der Waals surface area contributed by atoms with Gasteiger partial charge in [-0.05, 0) is 46.5 Å². The zero-order valence-electron chi connectivity index (χ0n) is 21.0. The van der Waals surface area contributed by atoms with Crippen molar-refractivity contribution in [2.75, 3.05) is 28.4 Å². The molecule has 0 bridgehead atoms.